The second-order valence-corrected chi connectivity index (χ2v) is 6.71. The molecular weight excluding hydrogens is 254 g/mol. The van der Waals surface area contributed by atoms with Crippen molar-refractivity contribution in [1.82, 2.24) is 4.98 Å². The molecule has 1 N–H and O–H groups in total. The van der Waals surface area contributed by atoms with Gasteiger partial charge in [0.25, 0.3) is 0 Å². The summed E-state index contributed by atoms with van der Waals surface area (Å²) in [5, 5.41) is 8.75. The Kier molecular flexibility index (Phi) is 3.38. The lowest BCUT2D eigenvalue weighted by atomic mass is 10.2. The molecule has 1 aliphatic rings. The lowest BCUT2D eigenvalue weighted by Gasteiger charge is -2.07. The van der Waals surface area contributed by atoms with E-state index in [4.69, 9.17) is 5.11 Å². The van der Waals surface area contributed by atoms with Gasteiger partial charge in [-0.05, 0) is 36.8 Å². The zero-order chi connectivity index (χ0) is 13.3. The molecule has 6 heteroatoms. The Bertz CT molecular complexity index is 576. The van der Waals surface area contributed by atoms with Gasteiger partial charge in [-0.1, -0.05) is 6.07 Å². The van der Waals surface area contributed by atoms with E-state index in [-0.39, 0.29) is 23.1 Å². The highest BCUT2D eigenvalue weighted by Gasteiger charge is 2.30. The lowest BCUT2D eigenvalue weighted by molar-refractivity contribution is -0.136. The van der Waals surface area contributed by atoms with E-state index in [0.29, 0.717) is 11.1 Å². The molecule has 1 aromatic rings. The molecule has 0 spiro atoms. The van der Waals surface area contributed by atoms with Crippen LogP contribution in [0.15, 0.2) is 17.3 Å². The van der Waals surface area contributed by atoms with Crippen molar-refractivity contribution in [1.29, 1.82) is 0 Å². The minimum atomic E-state index is -3.33. The molecule has 1 heterocycles. The fraction of sp³-hybridized carbons (Fsp3) is 0.500. The summed E-state index contributed by atoms with van der Waals surface area (Å²) in [5.74, 6) is -0.529. The van der Waals surface area contributed by atoms with Gasteiger partial charge < -0.3 is 5.11 Å². The van der Waals surface area contributed by atoms with E-state index in [1.54, 1.807) is 13.0 Å². The Morgan fingerprint density at radius 1 is 1.50 bits per heavy atom. The molecule has 0 unspecified atom stereocenters. The Hall–Kier alpha value is -1.43. The maximum Gasteiger partial charge on any atom is 0.307 e. The number of carbonyl (C=O) groups is 1. The first-order valence-electron chi connectivity index (χ1n) is 5.78. The molecule has 1 aromatic heterocycles. The second kappa shape index (κ2) is 4.68. The number of pyridine rings is 1. The van der Waals surface area contributed by atoms with Crippen LogP contribution in [0.25, 0.3) is 0 Å². The van der Waals surface area contributed by atoms with Crippen LogP contribution in [0.1, 0.15) is 24.0 Å². The molecule has 0 aromatic carbocycles. The molecule has 1 fully saturated rings. The van der Waals surface area contributed by atoms with Gasteiger partial charge in [0.1, 0.15) is 0 Å². The highest BCUT2D eigenvalue weighted by Crippen LogP contribution is 2.32. The van der Waals surface area contributed by atoms with Gasteiger partial charge in [0.05, 0.1) is 12.2 Å². The maximum atomic E-state index is 12.1. The summed E-state index contributed by atoms with van der Waals surface area (Å²) in [6.07, 6.45) is 3.13. The van der Waals surface area contributed by atoms with E-state index < -0.39 is 15.8 Å². The summed E-state index contributed by atoms with van der Waals surface area (Å²) in [5.41, 5.74) is 1.04. The van der Waals surface area contributed by atoms with E-state index >= 15 is 0 Å². The van der Waals surface area contributed by atoms with E-state index in [2.05, 4.69) is 4.98 Å². The molecular formula is C12H15NO4S. The zero-order valence-electron chi connectivity index (χ0n) is 10.1. The van der Waals surface area contributed by atoms with Crippen molar-refractivity contribution in [3.05, 3.63) is 23.4 Å². The standard InChI is InChI=1S/C12H15NO4S/c1-8-4-10(5-11(14)15)6-13-12(8)18(16,17)7-9-2-3-9/h4,6,9H,2-3,5,7H2,1H3,(H,14,15). The van der Waals surface area contributed by atoms with Crippen molar-refractivity contribution in [2.75, 3.05) is 5.75 Å². The quantitative estimate of drug-likeness (QED) is 0.868. The molecule has 1 aliphatic carbocycles. The highest BCUT2D eigenvalue weighted by atomic mass is 32.2. The number of rotatable bonds is 5. The third-order valence-corrected chi connectivity index (χ3v) is 4.82. The average molecular weight is 269 g/mol. The number of aromatic nitrogens is 1. The van der Waals surface area contributed by atoms with E-state index in [1.165, 1.54) is 6.20 Å². The van der Waals surface area contributed by atoms with Crippen molar-refractivity contribution in [3.63, 3.8) is 0 Å². The second-order valence-electron chi connectivity index (χ2n) is 4.76. The third-order valence-electron chi connectivity index (χ3n) is 2.89. The fourth-order valence-corrected chi connectivity index (χ4v) is 3.77. The predicted molar refractivity (Wildman–Crippen MR) is 65.1 cm³/mol. The Morgan fingerprint density at radius 3 is 2.67 bits per heavy atom. The van der Waals surface area contributed by atoms with E-state index in [1.807, 2.05) is 0 Å². The summed E-state index contributed by atoms with van der Waals surface area (Å²) >= 11 is 0. The van der Waals surface area contributed by atoms with Crippen LogP contribution in [0, 0.1) is 12.8 Å². The first kappa shape index (κ1) is 13.0. The number of sulfone groups is 1. The summed E-state index contributed by atoms with van der Waals surface area (Å²) in [6.45, 7) is 1.65. The third kappa shape index (κ3) is 3.07. The van der Waals surface area contributed by atoms with Gasteiger partial charge in [0.2, 0.25) is 0 Å². The minimum absolute atomic E-state index is 0.0866. The van der Waals surface area contributed by atoms with Crippen LogP contribution in [0.4, 0.5) is 0 Å². The average Bonchev–Trinajstić information content (AvgIpc) is 2.99. The Labute approximate surface area is 106 Å². The van der Waals surface area contributed by atoms with E-state index in [9.17, 15) is 13.2 Å². The normalized spacial score (nSPS) is 15.6. The van der Waals surface area contributed by atoms with Crippen molar-refractivity contribution in [2.24, 2.45) is 5.92 Å². The number of carboxylic acid groups (broad SMARTS) is 1. The maximum absolute atomic E-state index is 12.1. The van der Waals surface area contributed by atoms with Gasteiger partial charge in [-0.2, -0.15) is 0 Å². The van der Waals surface area contributed by atoms with Crippen molar-refractivity contribution >= 4 is 15.8 Å². The molecule has 0 aliphatic heterocycles. The number of aryl methyl sites for hydroxylation is 1. The first-order valence-corrected chi connectivity index (χ1v) is 7.44. The van der Waals surface area contributed by atoms with Crippen LogP contribution >= 0.6 is 0 Å². The molecule has 5 nitrogen and oxygen atoms in total. The molecule has 0 atom stereocenters. The summed E-state index contributed by atoms with van der Waals surface area (Å²) < 4.78 is 24.1. The van der Waals surface area contributed by atoms with Crippen molar-refractivity contribution in [2.45, 2.75) is 31.2 Å². The monoisotopic (exact) mass is 269 g/mol. The van der Waals surface area contributed by atoms with E-state index in [0.717, 1.165) is 12.8 Å². The van der Waals surface area contributed by atoms with Gasteiger partial charge in [-0.3, -0.25) is 4.79 Å². The first-order chi connectivity index (χ1) is 8.38. The molecule has 0 amide bonds. The summed E-state index contributed by atoms with van der Waals surface area (Å²) in [6, 6.07) is 1.58. The smallest absolute Gasteiger partial charge is 0.307 e. The Balaban J connectivity index is 2.25. The molecule has 0 radical (unpaired) electrons. The van der Waals surface area contributed by atoms with Gasteiger partial charge in [-0.15, -0.1) is 0 Å². The number of aliphatic carboxylic acids is 1. The number of hydrogen-bond acceptors (Lipinski definition) is 4. The van der Waals surface area contributed by atoms with Crippen LogP contribution in [0.5, 0.6) is 0 Å². The molecule has 2 rings (SSSR count). The largest absolute Gasteiger partial charge is 0.481 e. The van der Waals surface area contributed by atoms with Crippen LogP contribution in [0.2, 0.25) is 0 Å². The SMILES string of the molecule is Cc1cc(CC(=O)O)cnc1S(=O)(=O)CC1CC1. The fourth-order valence-electron chi connectivity index (χ4n) is 1.89. The van der Waals surface area contributed by atoms with Crippen molar-refractivity contribution < 1.29 is 18.3 Å². The van der Waals surface area contributed by atoms with Gasteiger partial charge in [0, 0.05) is 6.20 Å². The lowest BCUT2D eigenvalue weighted by Crippen LogP contribution is -2.13. The van der Waals surface area contributed by atoms with Crippen LogP contribution < -0.4 is 0 Å². The topological polar surface area (TPSA) is 84.3 Å². The number of nitrogens with zero attached hydrogens (tertiary/aromatic N) is 1. The molecule has 0 bridgehead atoms. The van der Waals surface area contributed by atoms with Gasteiger partial charge >= 0.3 is 5.97 Å². The van der Waals surface area contributed by atoms with Crippen molar-refractivity contribution in [3.8, 4) is 0 Å². The van der Waals surface area contributed by atoms with Crippen LogP contribution in [-0.4, -0.2) is 30.2 Å². The molecule has 98 valence electrons. The van der Waals surface area contributed by atoms with Gasteiger partial charge in [0.15, 0.2) is 14.9 Å². The highest BCUT2D eigenvalue weighted by molar-refractivity contribution is 7.91. The number of hydrogen-bond donors (Lipinski definition) is 1. The predicted octanol–water partition coefficient (Wildman–Crippen LogP) is 1.20. The number of carboxylic acids is 1. The zero-order valence-corrected chi connectivity index (χ0v) is 10.9. The Morgan fingerprint density at radius 2 is 2.17 bits per heavy atom. The van der Waals surface area contributed by atoms with Crippen LogP contribution in [-0.2, 0) is 21.1 Å². The van der Waals surface area contributed by atoms with Crippen LogP contribution in [0.3, 0.4) is 0 Å². The summed E-state index contributed by atoms with van der Waals surface area (Å²) in [4.78, 5) is 14.5. The molecule has 1 saturated carbocycles. The summed E-state index contributed by atoms with van der Waals surface area (Å²) in [7, 11) is -3.33. The minimum Gasteiger partial charge on any atom is -0.481 e. The molecule has 0 saturated heterocycles. The molecule has 18 heavy (non-hydrogen) atoms. The van der Waals surface area contributed by atoms with Gasteiger partial charge in [-0.25, -0.2) is 13.4 Å².